The zero-order valence-corrected chi connectivity index (χ0v) is 17.1. The van der Waals surface area contributed by atoms with Crippen LogP contribution in [-0.2, 0) is 24.4 Å². The Kier molecular flexibility index (Phi) is 6.81. The highest BCUT2D eigenvalue weighted by Crippen LogP contribution is 2.15. The topological polar surface area (TPSA) is 93.8 Å². The Morgan fingerprint density at radius 1 is 1.10 bits per heavy atom. The SMILES string of the molecule is O=C(Cn1nnnc1CN1CCCCCC1)NC(Cn1ccnc1)c1ccccc1. The minimum Gasteiger partial charge on any atom is -0.346 e. The molecule has 0 spiro atoms. The molecule has 1 saturated heterocycles. The van der Waals surface area contributed by atoms with Crippen molar-refractivity contribution in [3.63, 3.8) is 0 Å². The Balaban J connectivity index is 1.40. The molecule has 9 heteroatoms. The molecule has 3 heterocycles. The molecule has 1 fully saturated rings. The first-order valence-electron chi connectivity index (χ1n) is 10.6. The van der Waals surface area contributed by atoms with Crippen molar-refractivity contribution >= 4 is 5.91 Å². The van der Waals surface area contributed by atoms with Gasteiger partial charge in [-0.25, -0.2) is 9.67 Å². The first-order chi connectivity index (χ1) is 14.8. The van der Waals surface area contributed by atoms with E-state index in [4.69, 9.17) is 0 Å². The van der Waals surface area contributed by atoms with Crippen molar-refractivity contribution < 1.29 is 4.79 Å². The highest BCUT2D eigenvalue weighted by Gasteiger charge is 2.19. The summed E-state index contributed by atoms with van der Waals surface area (Å²) in [6.45, 7) is 3.49. The second kappa shape index (κ2) is 10.1. The zero-order chi connectivity index (χ0) is 20.6. The highest BCUT2D eigenvalue weighted by molar-refractivity contribution is 5.76. The molecule has 0 saturated carbocycles. The first kappa shape index (κ1) is 20.2. The summed E-state index contributed by atoms with van der Waals surface area (Å²) in [4.78, 5) is 19.3. The standard InChI is InChI=1S/C21H28N8O/c30-21(16-29-20(24-25-26-29)15-27-11-6-1-2-7-12-27)23-19(14-28-13-10-22-17-28)18-8-4-3-5-9-18/h3-5,8-10,13,17,19H,1-2,6-7,11-12,14-16H2,(H,23,30). The Morgan fingerprint density at radius 2 is 1.90 bits per heavy atom. The number of hydrogen-bond donors (Lipinski definition) is 1. The van der Waals surface area contributed by atoms with Crippen molar-refractivity contribution in [3.8, 4) is 0 Å². The molecule has 30 heavy (non-hydrogen) atoms. The van der Waals surface area contributed by atoms with Crippen LogP contribution in [-0.4, -0.2) is 53.7 Å². The van der Waals surface area contributed by atoms with Gasteiger partial charge in [-0.1, -0.05) is 43.2 Å². The maximum Gasteiger partial charge on any atom is 0.242 e. The average Bonchev–Trinajstić information content (AvgIpc) is 3.35. The summed E-state index contributed by atoms with van der Waals surface area (Å²) in [6.07, 6.45) is 10.3. The van der Waals surface area contributed by atoms with E-state index in [-0.39, 0.29) is 18.5 Å². The van der Waals surface area contributed by atoms with Crippen LogP contribution in [0.3, 0.4) is 0 Å². The molecule has 4 rings (SSSR count). The molecular weight excluding hydrogens is 380 g/mol. The summed E-state index contributed by atoms with van der Waals surface area (Å²) >= 11 is 0. The molecule has 0 bridgehead atoms. The van der Waals surface area contributed by atoms with Crippen LogP contribution in [0.2, 0.25) is 0 Å². The molecular formula is C21H28N8O. The van der Waals surface area contributed by atoms with E-state index >= 15 is 0 Å². The molecule has 1 unspecified atom stereocenters. The van der Waals surface area contributed by atoms with E-state index in [0.717, 1.165) is 24.5 Å². The van der Waals surface area contributed by atoms with Gasteiger partial charge in [0.05, 0.1) is 18.9 Å². The summed E-state index contributed by atoms with van der Waals surface area (Å²) in [6, 6.07) is 9.79. The van der Waals surface area contributed by atoms with Crippen molar-refractivity contribution in [1.29, 1.82) is 0 Å². The van der Waals surface area contributed by atoms with Crippen molar-refractivity contribution in [2.24, 2.45) is 0 Å². The molecule has 2 aromatic heterocycles. The lowest BCUT2D eigenvalue weighted by molar-refractivity contribution is -0.122. The first-order valence-corrected chi connectivity index (χ1v) is 10.6. The predicted octanol–water partition coefficient (Wildman–Crippen LogP) is 1.80. The number of nitrogens with one attached hydrogen (secondary N) is 1. The Hall–Kier alpha value is -3.07. The number of aromatic nitrogens is 6. The third-order valence-electron chi connectivity index (χ3n) is 5.45. The Bertz CT molecular complexity index is 900. The van der Waals surface area contributed by atoms with Gasteiger partial charge >= 0.3 is 0 Å². The van der Waals surface area contributed by atoms with Crippen molar-refractivity contribution in [1.82, 2.24) is 40.0 Å². The quantitative estimate of drug-likeness (QED) is 0.611. The molecule has 0 aliphatic carbocycles. The monoisotopic (exact) mass is 408 g/mol. The maximum absolute atomic E-state index is 12.9. The van der Waals surface area contributed by atoms with E-state index in [0.29, 0.717) is 13.1 Å². The number of carbonyl (C=O) groups is 1. The smallest absolute Gasteiger partial charge is 0.242 e. The van der Waals surface area contributed by atoms with Crippen molar-refractivity contribution in [2.75, 3.05) is 13.1 Å². The Labute approximate surface area is 176 Å². The normalized spacial score (nSPS) is 16.1. The molecule has 0 radical (unpaired) electrons. The van der Waals surface area contributed by atoms with Crippen LogP contribution in [0.5, 0.6) is 0 Å². The van der Waals surface area contributed by atoms with Gasteiger partial charge in [0, 0.05) is 18.9 Å². The zero-order valence-electron chi connectivity index (χ0n) is 17.1. The summed E-state index contributed by atoms with van der Waals surface area (Å²) < 4.78 is 3.57. The molecule has 158 valence electrons. The fourth-order valence-corrected chi connectivity index (χ4v) is 3.85. The van der Waals surface area contributed by atoms with Crippen LogP contribution in [0.1, 0.15) is 43.1 Å². The average molecular weight is 409 g/mol. The van der Waals surface area contributed by atoms with E-state index < -0.39 is 0 Å². The lowest BCUT2D eigenvalue weighted by Gasteiger charge is -2.21. The van der Waals surface area contributed by atoms with Crippen LogP contribution in [0.15, 0.2) is 49.1 Å². The Morgan fingerprint density at radius 3 is 2.63 bits per heavy atom. The summed E-state index contributed by atoms with van der Waals surface area (Å²) in [5, 5.41) is 15.2. The molecule has 9 nitrogen and oxygen atoms in total. The van der Waals surface area contributed by atoms with E-state index in [1.807, 2.05) is 41.1 Å². The van der Waals surface area contributed by atoms with Gasteiger partial charge in [-0.15, -0.1) is 5.10 Å². The third kappa shape index (κ3) is 5.50. The van der Waals surface area contributed by atoms with Gasteiger partial charge < -0.3 is 9.88 Å². The highest BCUT2D eigenvalue weighted by atomic mass is 16.2. The van der Waals surface area contributed by atoms with Gasteiger partial charge in [0.25, 0.3) is 0 Å². The van der Waals surface area contributed by atoms with Crippen LogP contribution in [0.4, 0.5) is 0 Å². The summed E-state index contributed by atoms with van der Waals surface area (Å²) in [7, 11) is 0. The molecule has 1 aliphatic rings. The number of benzene rings is 1. The van der Waals surface area contributed by atoms with Crippen LogP contribution >= 0.6 is 0 Å². The van der Waals surface area contributed by atoms with Gasteiger partial charge in [-0.2, -0.15) is 0 Å². The molecule has 1 aliphatic heterocycles. The van der Waals surface area contributed by atoms with Gasteiger partial charge in [0.2, 0.25) is 5.91 Å². The fourth-order valence-electron chi connectivity index (χ4n) is 3.85. The largest absolute Gasteiger partial charge is 0.346 e. The number of rotatable bonds is 8. The number of amides is 1. The summed E-state index contributed by atoms with van der Waals surface area (Å²) in [5.74, 6) is 0.617. The molecule has 1 atom stereocenters. The minimum absolute atomic E-state index is 0.101. The minimum atomic E-state index is -0.168. The number of imidazole rings is 1. The second-order valence-electron chi connectivity index (χ2n) is 7.73. The van der Waals surface area contributed by atoms with Gasteiger partial charge in [0.1, 0.15) is 6.54 Å². The van der Waals surface area contributed by atoms with Crippen molar-refractivity contribution in [2.45, 2.75) is 51.4 Å². The lowest BCUT2D eigenvalue weighted by Crippen LogP contribution is -2.35. The maximum atomic E-state index is 12.9. The van der Waals surface area contributed by atoms with Crippen LogP contribution < -0.4 is 5.32 Å². The van der Waals surface area contributed by atoms with Crippen LogP contribution in [0, 0.1) is 0 Å². The summed E-state index contributed by atoms with van der Waals surface area (Å²) in [5.41, 5.74) is 1.04. The number of carbonyl (C=O) groups excluding carboxylic acids is 1. The molecule has 1 N–H and O–H groups in total. The van der Waals surface area contributed by atoms with Gasteiger partial charge in [-0.05, 0) is 41.9 Å². The van der Waals surface area contributed by atoms with E-state index in [1.54, 1.807) is 17.2 Å². The predicted molar refractivity (Wildman–Crippen MR) is 111 cm³/mol. The number of hydrogen-bond acceptors (Lipinski definition) is 6. The third-order valence-corrected chi connectivity index (χ3v) is 5.45. The molecule has 3 aromatic rings. The number of likely N-dealkylation sites (tertiary alicyclic amines) is 1. The second-order valence-corrected chi connectivity index (χ2v) is 7.73. The number of nitrogens with zero attached hydrogens (tertiary/aromatic N) is 7. The fraction of sp³-hybridized carbons (Fsp3) is 0.476. The molecule has 1 amide bonds. The van der Waals surface area contributed by atoms with E-state index in [9.17, 15) is 4.79 Å². The van der Waals surface area contributed by atoms with Gasteiger partial charge in [-0.3, -0.25) is 9.69 Å². The lowest BCUT2D eigenvalue weighted by atomic mass is 10.1. The van der Waals surface area contributed by atoms with E-state index in [2.05, 4.69) is 30.7 Å². The number of tetrazole rings is 1. The van der Waals surface area contributed by atoms with Crippen molar-refractivity contribution in [3.05, 3.63) is 60.4 Å². The van der Waals surface area contributed by atoms with E-state index in [1.165, 1.54) is 25.7 Å². The van der Waals surface area contributed by atoms with Crippen LogP contribution in [0.25, 0.3) is 0 Å². The van der Waals surface area contributed by atoms with Gasteiger partial charge in [0.15, 0.2) is 5.82 Å². The molecule has 1 aromatic carbocycles.